The van der Waals surface area contributed by atoms with Gasteiger partial charge in [-0.25, -0.2) is 13.8 Å². The van der Waals surface area contributed by atoms with E-state index >= 15 is 0 Å². The molecule has 0 heterocycles. The second kappa shape index (κ2) is 9.39. The third-order valence-electron chi connectivity index (χ3n) is 4.24. The van der Waals surface area contributed by atoms with Crippen molar-refractivity contribution in [1.29, 1.82) is 0 Å². The number of non-ortho nitro benzene ring substituents is 1. The highest BCUT2D eigenvalue weighted by atomic mass is 32.2. The fraction of sp³-hybridized carbons (Fsp3) is 0.263. The Labute approximate surface area is 169 Å². The van der Waals surface area contributed by atoms with E-state index in [2.05, 4.69) is 10.5 Å². The third-order valence-corrected chi connectivity index (χ3v) is 6.29. The molecule has 0 saturated carbocycles. The molecule has 0 saturated heterocycles. The summed E-state index contributed by atoms with van der Waals surface area (Å²) in [6.45, 7) is 5.72. The molecule has 1 amide bonds. The van der Waals surface area contributed by atoms with E-state index in [1.807, 2.05) is 0 Å². The van der Waals surface area contributed by atoms with Crippen molar-refractivity contribution < 1.29 is 18.1 Å². The van der Waals surface area contributed by atoms with Gasteiger partial charge in [-0.15, -0.1) is 0 Å². The van der Waals surface area contributed by atoms with Crippen molar-refractivity contribution in [3.63, 3.8) is 0 Å². The number of nitro groups is 1. The van der Waals surface area contributed by atoms with Crippen LogP contribution in [-0.2, 0) is 10.0 Å². The fourth-order valence-electron chi connectivity index (χ4n) is 2.62. The SMILES string of the molecule is CCN(CC)S(=O)(=O)c1cccc(C(=O)N/N=C(/C)c2cccc([N+](=O)[O-])c2)c1. The number of nitrogens with zero attached hydrogens (tertiary/aromatic N) is 3. The van der Waals surface area contributed by atoms with E-state index < -0.39 is 20.9 Å². The Bertz CT molecular complexity index is 1050. The minimum atomic E-state index is -3.69. The van der Waals surface area contributed by atoms with Gasteiger partial charge in [-0.3, -0.25) is 14.9 Å². The minimum Gasteiger partial charge on any atom is -0.267 e. The van der Waals surface area contributed by atoms with Gasteiger partial charge in [-0.05, 0) is 25.1 Å². The number of hydrogen-bond acceptors (Lipinski definition) is 6. The van der Waals surface area contributed by atoms with Crippen molar-refractivity contribution in [1.82, 2.24) is 9.73 Å². The average molecular weight is 418 g/mol. The van der Waals surface area contributed by atoms with E-state index in [4.69, 9.17) is 0 Å². The summed E-state index contributed by atoms with van der Waals surface area (Å²) in [4.78, 5) is 22.8. The number of carbonyl (C=O) groups excluding carboxylic acids is 1. The molecule has 0 aliphatic carbocycles. The number of hydrogen-bond donors (Lipinski definition) is 1. The molecule has 9 nitrogen and oxygen atoms in total. The number of amides is 1. The first-order chi connectivity index (χ1) is 13.7. The lowest BCUT2D eigenvalue weighted by atomic mass is 10.1. The van der Waals surface area contributed by atoms with Crippen LogP contribution in [0.4, 0.5) is 5.69 Å². The van der Waals surface area contributed by atoms with E-state index in [-0.39, 0.29) is 16.1 Å². The number of carbonyl (C=O) groups is 1. The molecule has 0 aliphatic rings. The smallest absolute Gasteiger partial charge is 0.267 e. The van der Waals surface area contributed by atoms with Crippen molar-refractivity contribution in [2.24, 2.45) is 5.10 Å². The van der Waals surface area contributed by atoms with Gasteiger partial charge in [0, 0.05) is 36.3 Å². The number of benzene rings is 2. The number of nitrogens with one attached hydrogen (secondary N) is 1. The van der Waals surface area contributed by atoms with E-state index in [0.717, 1.165) is 0 Å². The van der Waals surface area contributed by atoms with Crippen molar-refractivity contribution in [3.05, 3.63) is 69.8 Å². The lowest BCUT2D eigenvalue weighted by Crippen LogP contribution is -2.30. The Hall–Kier alpha value is -3.11. The summed E-state index contributed by atoms with van der Waals surface area (Å²) in [6, 6.07) is 11.6. The number of nitro benzene ring substituents is 1. The van der Waals surface area contributed by atoms with E-state index in [9.17, 15) is 23.3 Å². The molecular formula is C19H22N4O5S. The molecule has 0 aromatic heterocycles. The molecule has 1 N–H and O–H groups in total. The quantitative estimate of drug-likeness (QED) is 0.401. The zero-order valence-corrected chi connectivity index (χ0v) is 17.1. The van der Waals surface area contributed by atoms with Gasteiger partial charge in [-0.2, -0.15) is 9.41 Å². The molecule has 10 heteroatoms. The molecule has 2 rings (SSSR count). The van der Waals surface area contributed by atoms with Crippen LogP contribution >= 0.6 is 0 Å². The Morgan fingerprint density at radius 3 is 2.34 bits per heavy atom. The Morgan fingerprint density at radius 1 is 1.10 bits per heavy atom. The van der Waals surface area contributed by atoms with E-state index in [0.29, 0.717) is 24.4 Å². The van der Waals surface area contributed by atoms with Gasteiger partial charge in [0.1, 0.15) is 0 Å². The second-order valence-corrected chi connectivity index (χ2v) is 8.00. The van der Waals surface area contributed by atoms with Gasteiger partial charge in [0.25, 0.3) is 11.6 Å². The zero-order valence-electron chi connectivity index (χ0n) is 16.3. The maximum absolute atomic E-state index is 12.6. The van der Waals surface area contributed by atoms with Gasteiger partial charge in [-0.1, -0.05) is 32.0 Å². The highest BCUT2D eigenvalue weighted by molar-refractivity contribution is 7.89. The maximum Gasteiger partial charge on any atom is 0.271 e. The van der Waals surface area contributed by atoms with Gasteiger partial charge in [0.05, 0.1) is 15.5 Å². The number of sulfonamides is 1. The molecule has 0 unspecified atom stereocenters. The maximum atomic E-state index is 12.6. The first-order valence-corrected chi connectivity index (χ1v) is 10.3. The molecule has 0 bridgehead atoms. The standard InChI is InChI=1S/C19H22N4O5S/c1-4-22(5-2)29(27,28)18-11-7-9-16(13-18)19(24)21-20-14(3)15-8-6-10-17(12-15)23(25)26/h6-13H,4-5H2,1-3H3,(H,21,24)/b20-14-. The Balaban J connectivity index is 2.22. The largest absolute Gasteiger partial charge is 0.271 e. The lowest BCUT2D eigenvalue weighted by molar-refractivity contribution is -0.384. The molecule has 2 aromatic rings. The summed E-state index contributed by atoms with van der Waals surface area (Å²) < 4.78 is 26.5. The van der Waals surface area contributed by atoms with Crippen molar-refractivity contribution in [2.75, 3.05) is 13.1 Å². The van der Waals surface area contributed by atoms with E-state index in [1.54, 1.807) is 26.8 Å². The molecule has 0 fully saturated rings. The summed E-state index contributed by atoms with van der Waals surface area (Å²) in [5, 5.41) is 14.8. The molecular weight excluding hydrogens is 396 g/mol. The summed E-state index contributed by atoms with van der Waals surface area (Å²) in [5.41, 5.74) is 3.25. The molecule has 0 radical (unpaired) electrons. The van der Waals surface area contributed by atoms with Gasteiger partial charge in [0.2, 0.25) is 10.0 Å². The highest BCUT2D eigenvalue weighted by Gasteiger charge is 2.22. The van der Waals surface area contributed by atoms with Crippen LogP contribution in [0.5, 0.6) is 0 Å². The van der Waals surface area contributed by atoms with Crippen LogP contribution in [0.2, 0.25) is 0 Å². The summed E-state index contributed by atoms with van der Waals surface area (Å²) in [7, 11) is -3.69. The van der Waals surface area contributed by atoms with Crippen molar-refractivity contribution in [3.8, 4) is 0 Å². The summed E-state index contributed by atoms with van der Waals surface area (Å²) in [6.07, 6.45) is 0. The van der Waals surface area contributed by atoms with E-state index in [1.165, 1.54) is 46.8 Å². The predicted octanol–water partition coefficient (Wildman–Crippen LogP) is 2.78. The molecule has 2 aromatic carbocycles. The molecule has 0 spiro atoms. The van der Waals surface area contributed by atoms with Gasteiger partial charge >= 0.3 is 0 Å². The van der Waals surface area contributed by atoms with Crippen LogP contribution in [0.3, 0.4) is 0 Å². The molecule has 154 valence electrons. The monoisotopic (exact) mass is 418 g/mol. The van der Waals surface area contributed by atoms with Crippen LogP contribution in [0.25, 0.3) is 0 Å². The Morgan fingerprint density at radius 2 is 1.72 bits per heavy atom. The van der Waals surface area contributed by atoms with Crippen molar-refractivity contribution in [2.45, 2.75) is 25.7 Å². The van der Waals surface area contributed by atoms with Crippen LogP contribution in [0.1, 0.15) is 36.7 Å². The minimum absolute atomic E-state index is 0.0215. The van der Waals surface area contributed by atoms with Gasteiger partial charge in [0.15, 0.2) is 0 Å². The average Bonchev–Trinajstić information content (AvgIpc) is 2.72. The Kier molecular flexibility index (Phi) is 7.18. The molecule has 29 heavy (non-hydrogen) atoms. The van der Waals surface area contributed by atoms with Crippen LogP contribution in [0, 0.1) is 10.1 Å². The molecule has 0 aliphatic heterocycles. The first-order valence-electron chi connectivity index (χ1n) is 8.90. The lowest BCUT2D eigenvalue weighted by Gasteiger charge is -2.18. The van der Waals surface area contributed by atoms with Crippen LogP contribution in [0.15, 0.2) is 58.5 Å². The number of rotatable bonds is 8. The first kappa shape index (κ1) is 22.2. The van der Waals surface area contributed by atoms with Crippen molar-refractivity contribution >= 4 is 27.3 Å². The zero-order chi connectivity index (χ0) is 21.6. The number of hydrazone groups is 1. The normalized spacial score (nSPS) is 12.1. The molecule has 0 atom stereocenters. The summed E-state index contributed by atoms with van der Waals surface area (Å²) in [5.74, 6) is -0.591. The predicted molar refractivity (Wildman–Crippen MR) is 109 cm³/mol. The van der Waals surface area contributed by atoms with Crippen LogP contribution in [-0.4, -0.2) is 42.4 Å². The topological polar surface area (TPSA) is 122 Å². The fourth-order valence-corrected chi connectivity index (χ4v) is 4.12. The second-order valence-electron chi connectivity index (χ2n) is 6.06. The van der Waals surface area contributed by atoms with Crippen LogP contribution < -0.4 is 5.43 Å². The third kappa shape index (κ3) is 5.24. The summed E-state index contributed by atoms with van der Waals surface area (Å²) >= 11 is 0. The highest BCUT2D eigenvalue weighted by Crippen LogP contribution is 2.17. The van der Waals surface area contributed by atoms with Gasteiger partial charge < -0.3 is 0 Å².